The summed E-state index contributed by atoms with van der Waals surface area (Å²) in [7, 11) is 0. The van der Waals surface area contributed by atoms with Gasteiger partial charge >= 0.3 is 0 Å². The Labute approximate surface area is 74.6 Å². The number of rotatable bonds is 2. The molecule has 0 fully saturated rings. The Balaban J connectivity index is 2.44. The average molecular weight is 166 g/mol. The zero-order valence-corrected chi connectivity index (χ0v) is 8.46. The highest BCUT2D eigenvalue weighted by Gasteiger charge is 2.09. The second kappa shape index (κ2) is 3.30. The first-order valence-electron chi connectivity index (χ1n) is 4.46. The molecule has 2 heteroatoms. The summed E-state index contributed by atoms with van der Waals surface area (Å²) in [5.74, 6) is 0. The highest BCUT2D eigenvalue weighted by atomic mass is 15.3. The van der Waals surface area contributed by atoms with E-state index in [0.29, 0.717) is 5.41 Å². The van der Waals surface area contributed by atoms with Crippen LogP contribution >= 0.6 is 0 Å². The largest absolute Gasteiger partial charge is 0.272 e. The third-order valence-electron chi connectivity index (χ3n) is 1.85. The molecule has 0 aliphatic carbocycles. The van der Waals surface area contributed by atoms with Crippen molar-refractivity contribution in [2.75, 3.05) is 0 Å². The Hall–Kier alpha value is -0.790. The van der Waals surface area contributed by atoms with Crippen LogP contribution in [0.3, 0.4) is 0 Å². The minimum atomic E-state index is 0.403. The third-order valence-corrected chi connectivity index (χ3v) is 1.85. The van der Waals surface area contributed by atoms with Crippen molar-refractivity contribution in [1.82, 2.24) is 9.78 Å². The lowest BCUT2D eigenvalue weighted by Gasteiger charge is -2.17. The summed E-state index contributed by atoms with van der Waals surface area (Å²) in [6.45, 7) is 9.86. The molecule has 0 radical (unpaired) electrons. The molecule has 1 rings (SSSR count). The lowest BCUT2D eigenvalue weighted by Crippen LogP contribution is -2.10. The lowest BCUT2D eigenvalue weighted by molar-refractivity contribution is 0.341. The zero-order valence-electron chi connectivity index (χ0n) is 8.46. The molecular formula is C10H18N2. The van der Waals surface area contributed by atoms with Gasteiger partial charge in [0.25, 0.3) is 0 Å². The molecule has 1 aromatic rings. The molecule has 68 valence electrons. The first-order chi connectivity index (χ1) is 5.47. The molecule has 2 nitrogen and oxygen atoms in total. The van der Waals surface area contributed by atoms with E-state index in [9.17, 15) is 0 Å². The summed E-state index contributed by atoms with van der Waals surface area (Å²) >= 11 is 0. The molecule has 12 heavy (non-hydrogen) atoms. The minimum Gasteiger partial charge on any atom is -0.272 e. The number of aromatic nitrogens is 2. The molecule has 0 atom stereocenters. The van der Waals surface area contributed by atoms with Crippen molar-refractivity contribution < 1.29 is 0 Å². The Morgan fingerprint density at radius 3 is 2.50 bits per heavy atom. The third kappa shape index (κ3) is 3.07. The van der Waals surface area contributed by atoms with E-state index in [4.69, 9.17) is 0 Å². The number of nitrogens with zero attached hydrogens (tertiary/aromatic N) is 2. The maximum Gasteiger partial charge on any atom is 0.0518 e. The van der Waals surface area contributed by atoms with Gasteiger partial charge in [0.1, 0.15) is 0 Å². The van der Waals surface area contributed by atoms with Crippen LogP contribution in [-0.2, 0) is 6.54 Å². The minimum absolute atomic E-state index is 0.403. The van der Waals surface area contributed by atoms with Crippen LogP contribution in [0.25, 0.3) is 0 Å². The molecular weight excluding hydrogens is 148 g/mol. The second-order valence-electron chi connectivity index (χ2n) is 4.59. The van der Waals surface area contributed by atoms with Gasteiger partial charge in [-0.3, -0.25) is 4.68 Å². The molecule has 0 aliphatic heterocycles. The summed E-state index contributed by atoms with van der Waals surface area (Å²) in [4.78, 5) is 0. The monoisotopic (exact) mass is 166 g/mol. The van der Waals surface area contributed by atoms with Gasteiger partial charge < -0.3 is 0 Å². The van der Waals surface area contributed by atoms with E-state index in [-0.39, 0.29) is 0 Å². The maximum absolute atomic E-state index is 4.24. The maximum atomic E-state index is 4.24. The predicted octanol–water partition coefficient (Wildman–Crippen LogP) is 2.63. The second-order valence-corrected chi connectivity index (χ2v) is 4.59. The predicted molar refractivity (Wildman–Crippen MR) is 51.0 cm³/mol. The first-order valence-corrected chi connectivity index (χ1v) is 4.46. The SMILES string of the molecule is Cc1cnn(CCC(C)(C)C)c1. The molecule has 0 saturated heterocycles. The van der Waals surface area contributed by atoms with Crippen molar-refractivity contribution >= 4 is 0 Å². The smallest absolute Gasteiger partial charge is 0.0518 e. The van der Waals surface area contributed by atoms with Gasteiger partial charge in [-0.25, -0.2) is 0 Å². The van der Waals surface area contributed by atoms with E-state index in [1.54, 1.807) is 0 Å². The summed E-state index contributed by atoms with van der Waals surface area (Å²) in [6, 6.07) is 0. The van der Waals surface area contributed by atoms with Gasteiger partial charge in [0.15, 0.2) is 0 Å². The Morgan fingerprint density at radius 1 is 1.42 bits per heavy atom. The Bertz CT molecular complexity index is 243. The van der Waals surface area contributed by atoms with Crippen LogP contribution < -0.4 is 0 Å². The van der Waals surface area contributed by atoms with Crippen molar-refractivity contribution in [2.24, 2.45) is 5.41 Å². The molecule has 0 bridgehead atoms. The molecule has 0 unspecified atom stereocenters. The topological polar surface area (TPSA) is 17.8 Å². The van der Waals surface area contributed by atoms with Gasteiger partial charge in [-0.2, -0.15) is 5.10 Å². The van der Waals surface area contributed by atoms with Gasteiger partial charge in [0.2, 0.25) is 0 Å². The van der Waals surface area contributed by atoms with E-state index in [2.05, 4.69) is 39.0 Å². The first kappa shape index (κ1) is 9.30. The van der Waals surface area contributed by atoms with Crippen LogP contribution in [0.5, 0.6) is 0 Å². The highest BCUT2D eigenvalue weighted by Crippen LogP contribution is 2.18. The van der Waals surface area contributed by atoms with E-state index >= 15 is 0 Å². The Kier molecular flexibility index (Phi) is 2.55. The molecule has 0 aromatic carbocycles. The fourth-order valence-electron chi connectivity index (χ4n) is 1.04. The van der Waals surface area contributed by atoms with Crippen molar-refractivity contribution in [3.63, 3.8) is 0 Å². The standard InChI is InChI=1S/C10H18N2/c1-9-7-11-12(8-9)6-5-10(2,3)4/h7-8H,5-6H2,1-4H3. The highest BCUT2D eigenvalue weighted by molar-refractivity contribution is 4.99. The lowest BCUT2D eigenvalue weighted by atomic mass is 9.92. The molecule has 0 aliphatic rings. The van der Waals surface area contributed by atoms with Crippen LogP contribution in [0.2, 0.25) is 0 Å². The molecule has 0 N–H and O–H groups in total. The van der Waals surface area contributed by atoms with Crippen LogP contribution in [0, 0.1) is 12.3 Å². The zero-order chi connectivity index (χ0) is 9.19. The van der Waals surface area contributed by atoms with Crippen molar-refractivity contribution in [2.45, 2.75) is 40.7 Å². The molecule has 0 saturated carbocycles. The van der Waals surface area contributed by atoms with Crippen molar-refractivity contribution in [1.29, 1.82) is 0 Å². The van der Waals surface area contributed by atoms with Gasteiger partial charge in [-0.15, -0.1) is 0 Å². The number of hydrogen-bond acceptors (Lipinski definition) is 1. The van der Waals surface area contributed by atoms with Gasteiger partial charge in [0.05, 0.1) is 6.20 Å². The summed E-state index contributed by atoms with van der Waals surface area (Å²) < 4.78 is 2.01. The molecule has 0 spiro atoms. The van der Waals surface area contributed by atoms with Crippen molar-refractivity contribution in [3.05, 3.63) is 18.0 Å². The quantitative estimate of drug-likeness (QED) is 0.660. The number of hydrogen-bond donors (Lipinski definition) is 0. The van der Waals surface area contributed by atoms with Crippen LogP contribution in [0.15, 0.2) is 12.4 Å². The van der Waals surface area contributed by atoms with Gasteiger partial charge in [0, 0.05) is 12.7 Å². The Morgan fingerprint density at radius 2 is 2.08 bits per heavy atom. The van der Waals surface area contributed by atoms with Gasteiger partial charge in [-0.1, -0.05) is 20.8 Å². The normalized spacial score (nSPS) is 12.0. The number of aryl methyl sites for hydroxylation is 2. The van der Waals surface area contributed by atoms with Crippen LogP contribution in [0.1, 0.15) is 32.8 Å². The molecule has 1 aromatic heterocycles. The van der Waals surface area contributed by atoms with E-state index in [0.717, 1.165) is 6.54 Å². The fraction of sp³-hybridized carbons (Fsp3) is 0.700. The van der Waals surface area contributed by atoms with E-state index in [1.807, 2.05) is 10.9 Å². The van der Waals surface area contributed by atoms with Crippen molar-refractivity contribution in [3.8, 4) is 0 Å². The van der Waals surface area contributed by atoms with Crippen LogP contribution in [-0.4, -0.2) is 9.78 Å². The molecule has 1 heterocycles. The molecule has 0 amide bonds. The average Bonchev–Trinajstić information content (AvgIpc) is 2.30. The fourth-order valence-corrected chi connectivity index (χ4v) is 1.04. The van der Waals surface area contributed by atoms with E-state index in [1.165, 1.54) is 12.0 Å². The summed E-state index contributed by atoms with van der Waals surface area (Å²) in [6.07, 6.45) is 5.17. The summed E-state index contributed by atoms with van der Waals surface area (Å²) in [5.41, 5.74) is 1.64. The van der Waals surface area contributed by atoms with E-state index < -0.39 is 0 Å². The van der Waals surface area contributed by atoms with Gasteiger partial charge in [-0.05, 0) is 24.3 Å². The summed E-state index contributed by atoms with van der Waals surface area (Å²) in [5, 5.41) is 4.24. The van der Waals surface area contributed by atoms with Crippen LogP contribution in [0.4, 0.5) is 0 Å².